The molecule has 4 heteroatoms. The quantitative estimate of drug-likeness (QED) is 0.763. The van der Waals surface area contributed by atoms with Gasteiger partial charge in [0.1, 0.15) is 11.5 Å². The molecule has 1 aromatic heterocycles. The molecule has 19 heavy (non-hydrogen) atoms. The summed E-state index contributed by atoms with van der Waals surface area (Å²) in [5.41, 5.74) is 2.59. The molecule has 2 heterocycles. The van der Waals surface area contributed by atoms with Gasteiger partial charge < -0.3 is 9.47 Å². The zero-order chi connectivity index (χ0) is 13.2. The zero-order valence-corrected chi connectivity index (χ0v) is 13.1. The maximum absolute atomic E-state index is 5.65. The lowest BCUT2D eigenvalue weighted by atomic mass is 10.0. The molecule has 0 saturated heterocycles. The number of methoxy groups -OCH3 is 1. The number of thiophene rings is 1. The molecular formula is C15H15BrO2S. The molecule has 1 aromatic carbocycles. The summed E-state index contributed by atoms with van der Waals surface area (Å²) in [7, 11) is 1.70. The highest BCUT2D eigenvalue weighted by Crippen LogP contribution is 2.38. The first kappa shape index (κ1) is 13.0. The number of hydrogen-bond acceptors (Lipinski definition) is 3. The van der Waals surface area contributed by atoms with Gasteiger partial charge in [0, 0.05) is 10.3 Å². The topological polar surface area (TPSA) is 18.5 Å². The third-order valence-electron chi connectivity index (χ3n) is 3.31. The van der Waals surface area contributed by atoms with Crippen LogP contribution < -0.4 is 9.47 Å². The Morgan fingerprint density at radius 3 is 3.05 bits per heavy atom. The molecule has 3 rings (SSSR count). The van der Waals surface area contributed by atoms with Gasteiger partial charge in [-0.05, 0) is 36.1 Å². The maximum atomic E-state index is 5.65. The first-order chi connectivity index (χ1) is 9.28. The molecule has 0 fully saturated rings. The number of hydrogen-bond donors (Lipinski definition) is 0. The van der Waals surface area contributed by atoms with Gasteiger partial charge in [-0.15, -0.1) is 11.3 Å². The van der Waals surface area contributed by atoms with Gasteiger partial charge in [-0.2, -0.15) is 0 Å². The number of ether oxygens (including phenoxy) is 2. The molecule has 0 radical (unpaired) electrons. The fraction of sp³-hybridized carbons (Fsp3) is 0.333. The van der Waals surface area contributed by atoms with Crippen molar-refractivity contribution in [3.8, 4) is 11.5 Å². The van der Waals surface area contributed by atoms with E-state index in [0.717, 1.165) is 30.9 Å². The Morgan fingerprint density at radius 2 is 2.26 bits per heavy atom. The van der Waals surface area contributed by atoms with E-state index in [0.29, 0.717) is 0 Å². The lowest BCUT2D eigenvalue weighted by Crippen LogP contribution is -2.08. The molecule has 1 unspecified atom stereocenters. The van der Waals surface area contributed by atoms with Crippen molar-refractivity contribution in [3.05, 3.63) is 45.6 Å². The predicted molar refractivity (Wildman–Crippen MR) is 81.9 cm³/mol. The zero-order valence-electron chi connectivity index (χ0n) is 10.7. The molecular weight excluding hydrogens is 324 g/mol. The summed E-state index contributed by atoms with van der Waals surface area (Å²) in [4.78, 5) is 1.47. The number of fused-ring (bicyclic) bond motifs is 1. The van der Waals surface area contributed by atoms with Crippen molar-refractivity contribution < 1.29 is 9.47 Å². The van der Waals surface area contributed by atoms with Gasteiger partial charge in [0.15, 0.2) is 0 Å². The molecule has 0 spiro atoms. The Hall–Kier alpha value is -1.00. The van der Waals surface area contributed by atoms with E-state index in [1.807, 2.05) is 5.38 Å². The van der Waals surface area contributed by atoms with E-state index in [-0.39, 0.29) is 4.83 Å². The van der Waals surface area contributed by atoms with Crippen LogP contribution in [0.25, 0.3) is 0 Å². The van der Waals surface area contributed by atoms with Crippen molar-refractivity contribution in [2.45, 2.75) is 17.7 Å². The Morgan fingerprint density at radius 1 is 1.37 bits per heavy atom. The van der Waals surface area contributed by atoms with Crippen molar-refractivity contribution in [3.63, 3.8) is 0 Å². The second-order valence-electron chi connectivity index (χ2n) is 4.57. The van der Waals surface area contributed by atoms with Crippen LogP contribution in [0, 0.1) is 0 Å². The second-order valence-corrected chi connectivity index (χ2v) is 6.43. The average molecular weight is 339 g/mol. The number of benzene rings is 1. The maximum Gasteiger partial charge on any atom is 0.129 e. The van der Waals surface area contributed by atoms with Crippen LogP contribution in [0.3, 0.4) is 0 Å². The molecule has 2 nitrogen and oxygen atoms in total. The van der Waals surface area contributed by atoms with Crippen molar-refractivity contribution >= 4 is 27.3 Å². The van der Waals surface area contributed by atoms with Crippen LogP contribution in [0.2, 0.25) is 0 Å². The van der Waals surface area contributed by atoms with Crippen LogP contribution in [0.15, 0.2) is 29.6 Å². The van der Waals surface area contributed by atoms with E-state index in [1.165, 1.54) is 16.0 Å². The lowest BCUT2D eigenvalue weighted by Gasteiger charge is -2.19. The van der Waals surface area contributed by atoms with E-state index in [9.17, 15) is 0 Å². The summed E-state index contributed by atoms with van der Waals surface area (Å²) in [6.07, 6.45) is 2.22. The van der Waals surface area contributed by atoms with Crippen LogP contribution in [0.4, 0.5) is 0 Å². The van der Waals surface area contributed by atoms with Gasteiger partial charge in [-0.3, -0.25) is 0 Å². The first-order valence-electron chi connectivity index (χ1n) is 6.30. The molecule has 1 aliphatic rings. The first-order valence-corrected chi connectivity index (χ1v) is 8.09. The largest absolute Gasteiger partial charge is 0.496 e. The highest BCUT2D eigenvalue weighted by molar-refractivity contribution is 9.09. The van der Waals surface area contributed by atoms with Gasteiger partial charge >= 0.3 is 0 Å². The minimum atomic E-state index is 0.216. The number of halogens is 1. The summed E-state index contributed by atoms with van der Waals surface area (Å²) in [6.45, 7) is 0.839. The average Bonchev–Trinajstić information content (AvgIpc) is 2.95. The molecule has 100 valence electrons. The predicted octanol–water partition coefficient (Wildman–Crippen LogP) is 4.57. The van der Waals surface area contributed by atoms with Crippen LogP contribution in [-0.4, -0.2) is 13.7 Å². The van der Waals surface area contributed by atoms with Crippen LogP contribution in [0.1, 0.15) is 27.3 Å². The fourth-order valence-electron chi connectivity index (χ4n) is 2.28. The Kier molecular flexibility index (Phi) is 3.80. The molecule has 2 aromatic rings. The van der Waals surface area contributed by atoms with Gasteiger partial charge in [0.2, 0.25) is 0 Å². The highest BCUT2D eigenvalue weighted by Gasteiger charge is 2.17. The number of alkyl halides is 1. The van der Waals surface area contributed by atoms with Crippen molar-refractivity contribution in [2.24, 2.45) is 0 Å². The van der Waals surface area contributed by atoms with E-state index in [2.05, 4.69) is 40.2 Å². The molecule has 1 atom stereocenters. The SMILES string of the molecule is COc1csc(C(Br)c2ccc3c(c2)CCCO3)c1. The summed E-state index contributed by atoms with van der Waals surface area (Å²) < 4.78 is 10.9. The van der Waals surface area contributed by atoms with E-state index in [4.69, 9.17) is 9.47 Å². The lowest BCUT2D eigenvalue weighted by molar-refractivity contribution is 0.288. The Bertz CT molecular complexity index is 579. The molecule has 0 amide bonds. The van der Waals surface area contributed by atoms with Gasteiger partial charge in [-0.1, -0.05) is 28.1 Å². The van der Waals surface area contributed by atoms with Crippen molar-refractivity contribution in [1.29, 1.82) is 0 Å². The Balaban J connectivity index is 1.88. The fourth-order valence-corrected chi connectivity index (χ4v) is 3.87. The third-order valence-corrected chi connectivity index (χ3v) is 5.61. The second kappa shape index (κ2) is 5.55. The highest BCUT2D eigenvalue weighted by atomic mass is 79.9. The summed E-state index contributed by atoms with van der Waals surface area (Å²) in [5, 5.41) is 2.03. The standard InChI is InChI=1S/C15H15BrO2S/c1-17-12-8-14(19-9-12)15(16)11-4-5-13-10(7-11)3-2-6-18-13/h4-5,7-9,15H,2-3,6H2,1H3. The number of aryl methyl sites for hydroxylation is 1. The molecule has 0 N–H and O–H groups in total. The van der Waals surface area contributed by atoms with Gasteiger partial charge in [0.25, 0.3) is 0 Å². The van der Waals surface area contributed by atoms with Crippen LogP contribution in [-0.2, 0) is 6.42 Å². The smallest absolute Gasteiger partial charge is 0.129 e. The van der Waals surface area contributed by atoms with Crippen LogP contribution in [0.5, 0.6) is 11.5 Å². The summed E-state index contributed by atoms with van der Waals surface area (Å²) in [5.74, 6) is 1.96. The Labute approximate surface area is 125 Å². The van der Waals surface area contributed by atoms with Gasteiger partial charge in [-0.25, -0.2) is 0 Å². The molecule has 1 aliphatic heterocycles. The van der Waals surface area contributed by atoms with E-state index < -0.39 is 0 Å². The molecule has 0 aliphatic carbocycles. The number of rotatable bonds is 3. The van der Waals surface area contributed by atoms with E-state index in [1.54, 1.807) is 18.4 Å². The third kappa shape index (κ3) is 2.65. The normalized spacial score (nSPS) is 15.5. The summed E-state index contributed by atoms with van der Waals surface area (Å²) in [6, 6.07) is 8.55. The van der Waals surface area contributed by atoms with E-state index >= 15 is 0 Å². The monoisotopic (exact) mass is 338 g/mol. The van der Waals surface area contributed by atoms with Gasteiger partial charge in [0.05, 0.1) is 18.5 Å². The molecule has 0 bridgehead atoms. The summed E-state index contributed by atoms with van der Waals surface area (Å²) >= 11 is 5.49. The van der Waals surface area contributed by atoms with Crippen molar-refractivity contribution in [2.75, 3.05) is 13.7 Å². The molecule has 0 saturated carbocycles. The van der Waals surface area contributed by atoms with Crippen LogP contribution >= 0.6 is 27.3 Å². The minimum absolute atomic E-state index is 0.216. The van der Waals surface area contributed by atoms with Crippen molar-refractivity contribution in [1.82, 2.24) is 0 Å². The minimum Gasteiger partial charge on any atom is -0.496 e.